The number of halogens is 1. The van der Waals surface area contributed by atoms with Crippen LogP contribution in [0.2, 0.25) is 5.02 Å². The highest BCUT2D eigenvalue weighted by Gasteiger charge is 2.09. The van der Waals surface area contributed by atoms with Crippen LogP contribution in [0.5, 0.6) is 0 Å². The second kappa shape index (κ2) is 8.69. The number of rotatable bonds is 8. The van der Waals surface area contributed by atoms with Crippen molar-refractivity contribution in [2.45, 2.75) is 13.3 Å². The molecule has 0 amide bonds. The predicted octanol–water partition coefficient (Wildman–Crippen LogP) is 4.42. The minimum atomic E-state index is 0.695. The van der Waals surface area contributed by atoms with Crippen LogP contribution in [0.1, 0.15) is 12.1 Å². The molecule has 3 aromatic rings. The molecule has 2 heterocycles. The van der Waals surface area contributed by atoms with Gasteiger partial charge in [0.25, 0.3) is 0 Å². The number of benzene rings is 1. The summed E-state index contributed by atoms with van der Waals surface area (Å²) in [7, 11) is 1.70. The van der Waals surface area contributed by atoms with E-state index in [2.05, 4.69) is 20.7 Å². The number of hydrogen-bond donors (Lipinski definition) is 2. The van der Waals surface area contributed by atoms with Crippen molar-refractivity contribution in [3.05, 3.63) is 59.2 Å². The van der Waals surface area contributed by atoms with Crippen molar-refractivity contribution in [2.75, 3.05) is 30.9 Å². The quantitative estimate of drug-likeness (QED) is 0.574. The molecule has 136 valence electrons. The van der Waals surface area contributed by atoms with Crippen LogP contribution < -0.4 is 10.6 Å². The summed E-state index contributed by atoms with van der Waals surface area (Å²) in [6.45, 7) is 3.50. The lowest BCUT2D eigenvalue weighted by atomic mass is 10.3. The van der Waals surface area contributed by atoms with Gasteiger partial charge in [0, 0.05) is 31.4 Å². The first kappa shape index (κ1) is 18.2. The second-order valence-corrected chi connectivity index (χ2v) is 6.30. The molecule has 0 aliphatic carbocycles. The van der Waals surface area contributed by atoms with Crippen molar-refractivity contribution < 1.29 is 4.74 Å². The number of methoxy groups -OCH3 is 1. The van der Waals surface area contributed by atoms with Crippen molar-refractivity contribution in [2.24, 2.45) is 0 Å². The van der Waals surface area contributed by atoms with Crippen LogP contribution in [0.3, 0.4) is 0 Å². The molecular weight excluding hydrogens is 350 g/mol. The lowest BCUT2D eigenvalue weighted by molar-refractivity contribution is 0.198. The Hall–Kier alpha value is -2.57. The zero-order valence-electron chi connectivity index (χ0n) is 14.9. The Morgan fingerprint density at radius 3 is 2.65 bits per heavy atom. The van der Waals surface area contributed by atoms with E-state index in [4.69, 9.17) is 16.3 Å². The molecule has 0 saturated heterocycles. The molecule has 0 fully saturated rings. The fourth-order valence-electron chi connectivity index (χ4n) is 2.53. The molecule has 0 saturated carbocycles. The van der Waals surface area contributed by atoms with Gasteiger partial charge < -0.3 is 15.4 Å². The number of nitrogens with zero attached hydrogens (tertiary/aromatic N) is 3. The first-order valence-electron chi connectivity index (χ1n) is 8.45. The van der Waals surface area contributed by atoms with Gasteiger partial charge in [0.2, 0.25) is 0 Å². The van der Waals surface area contributed by atoms with Crippen molar-refractivity contribution in [3.8, 4) is 5.69 Å². The highest BCUT2D eigenvalue weighted by atomic mass is 35.5. The smallest absolute Gasteiger partial charge is 0.135 e. The van der Waals surface area contributed by atoms with E-state index >= 15 is 0 Å². The first-order valence-corrected chi connectivity index (χ1v) is 8.83. The normalized spacial score (nSPS) is 10.7. The molecule has 0 unspecified atom stereocenters. The Balaban J connectivity index is 1.76. The molecule has 1 aromatic carbocycles. The Labute approximate surface area is 158 Å². The summed E-state index contributed by atoms with van der Waals surface area (Å²) in [5.41, 5.74) is 1.84. The highest BCUT2D eigenvalue weighted by molar-refractivity contribution is 6.30. The van der Waals surface area contributed by atoms with E-state index in [1.54, 1.807) is 7.11 Å². The van der Waals surface area contributed by atoms with Gasteiger partial charge in [-0.3, -0.25) is 0 Å². The summed E-state index contributed by atoms with van der Waals surface area (Å²) >= 11 is 5.98. The molecule has 2 aromatic heterocycles. The van der Waals surface area contributed by atoms with Gasteiger partial charge in [0.1, 0.15) is 17.5 Å². The molecule has 26 heavy (non-hydrogen) atoms. The molecule has 0 radical (unpaired) electrons. The van der Waals surface area contributed by atoms with Gasteiger partial charge >= 0.3 is 0 Å². The maximum Gasteiger partial charge on any atom is 0.135 e. The number of anilines is 3. The van der Waals surface area contributed by atoms with Gasteiger partial charge in [-0.1, -0.05) is 17.7 Å². The third-order valence-corrected chi connectivity index (χ3v) is 3.99. The molecule has 0 bridgehead atoms. The Bertz CT molecular complexity index is 847. The number of nitrogens with one attached hydrogen (secondary N) is 2. The molecule has 3 rings (SSSR count). The van der Waals surface area contributed by atoms with E-state index in [9.17, 15) is 0 Å². The molecule has 7 heteroatoms. The summed E-state index contributed by atoms with van der Waals surface area (Å²) in [6.07, 6.45) is 0.929. The average Bonchev–Trinajstić information content (AvgIpc) is 3.00. The van der Waals surface area contributed by atoms with Crippen molar-refractivity contribution in [1.82, 2.24) is 14.8 Å². The number of pyridine rings is 1. The molecule has 0 atom stereocenters. The fraction of sp³-hybridized carbons (Fsp3) is 0.263. The van der Waals surface area contributed by atoms with E-state index in [1.165, 1.54) is 0 Å². The standard InChI is InChI=1S/C19H22ClN5O/c1-14-13-19(25(24-14)16-9-7-15(20)8-10-16)23-18-6-3-5-17(22-18)21-11-4-12-26-2/h3,5-10,13H,4,11-12H2,1-2H3,(H2,21,22,23). The molecule has 0 spiro atoms. The zero-order valence-corrected chi connectivity index (χ0v) is 15.6. The largest absolute Gasteiger partial charge is 0.385 e. The number of aromatic nitrogens is 3. The minimum Gasteiger partial charge on any atom is -0.385 e. The minimum absolute atomic E-state index is 0.695. The maximum absolute atomic E-state index is 5.98. The van der Waals surface area contributed by atoms with Crippen molar-refractivity contribution in [1.29, 1.82) is 0 Å². The fourth-order valence-corrected chi connectivity index (χ4v) is 2.66. The molecular formula is C19H22ClN5O. The van der Waals surface area contributed by atoms with E-state index in [0.29, 0.717) is 5.02 Å². The van der Waals surface area contributed by atoms with Crippen LogP contribution in [0.4, 0.5) is 17.5 Å². The van der Waals surface area contributed by atoms with Crippen LogP contribution in [-0.2, 0) is 4.74 Å². The van der Waals surface area contributed by atoms with Gasteiger partial charge in [-0.05, 0) is 49.7 Å². The second-order valence-electron chi connectivity index (χ2n) is 5.87. The van der Waals surface area contributed by atoms with E-state index < -0.39 is 0 Å². The highest BCUT2D eigenvalue weighted by Crippen LogP contribution is 2.22. The van der Waals surface area contributed by atoms with Crippen LogP contribution in [0, 0.1) is 6.92 Å². The van der Waals surface area contributed by atoms with E-state index in [-0.39, 0.29) is 0 Å². The van der Waals surface area contributed by atoms with Gasteiger partial charge in [0.15, 0.2) is 0 Å². The molecule has 2 N–H and O–H groups in total. The van der Waals surface area contributed by atoms with Gasteiger partial charge in [-0.2, -0.15) is 5.10 Å². The molecule has 0 aliphatic rings. The maximum atomic E-state index is 5.98. The van der Waals surface area contributed by atoms with Crippen LogP contribution in [-0.4, -0.2) is 35.0 Å². The average molecular weight is 372 g/mol. The summed E-state index contributed by atoms with van der Waals surface area (Å²) in [5, 5.41) is 11.9. The van der Waals surface area contributed by atoms with Gasteiger partial charge in [-0.15, -0.1) is 0 Å². The summed E-state index contributed by atoms with van der Waals surface area (Å²) in [6, 6.07) is 15.4. The molecule has 6 nitrogen and oxygen atoms in total. The summed E-state index contributed by atoms with van der Waals surface area (Å²) in [4.78, 5) is 4.60. The molecule has 0 aliphatic heterocycles. The summed E-state index contributed by atoms with van der Waals surface area (Å²) < 4.78 is 6.90. The Morgan fingerprint density at radius 1 is 1.12 bits per heavy atom. The lowest BCUT2D eigenvalue weighted by Gasteiger charge is -2.11. The predicted molar refractivity (Wildman–Crippen MR) is 106 cm³/mol. The zero-order chi connectivity index (χ0) is 18.4. The summed E-state index contributed by atoms with van der Waals surface area (Å²) in [5.74, 6) is 2.41. The van der Waals surface area contributed by atoms with Crippen LogP contribution >= 0.6 is 11.6 Å². The number of ether oxygens (including phenoxy) is 1. The lowest BCUT2D eigenvalue weighted by Crippen LogP contribution is -2.07. The SMILES string of the molecule is COCCCNc1cccc(Nc2cc(C)nn2-c2ccc(Cl)cc2)n1. The van der Waals surface area contributed by atoms with E-state index in [1.807, 2.05) is 60.1 Å². The van der Waals surface area contributed by atoms with E-state index in [0.717, 1.165) is 48.4 Å². The van der Waals surface area contributed by atoms with Crippen LogP contribution in [0.15, 0.2) is 48.5 Å². The Morgan fingerprint density at radius 2 is 1.88 bits per heavy atom. The topological polar surface area (TPSA) is 64.0 Å². The number of hydrogen-bond acceptors (Lipinski definition) is 5. The van der Waals surface area contributed by atoms with Gasteiger partial charge in [0.05, 0.1) is 11.4 Å². The van der Waals surface area contributed by atoms with Gasteiger partial charge in [-0.25, -0.2) is 9.67 Å². The third kappa shape index (κ3) is 4.74. The van der Waals surface area contributed by atoms with Crippen molar-refractivity contribution >= 4 is 29.1 Å². The Kier molecular flexibility index (Phi) is 6.09. The number of aryl methyl sites for hydroxylation is 1. The van der Waals surface area contributed by atoms with Crippen LogP contribution in [0.25, 0.3) is 5.69 Å². The van der Waals surface area contributed by atoms with Crippen molar-refractivity contribution in [3.63, 3.8) is 0 Å². The first-order chi connectivity index (χ1) is 12.7. The monoisotopic (exact) mass is 371 g/mol. The third-order valence-electron chi connectivity index (χ3n) is 3.74.